The van der Waals surface area contributed by atoms with Gasteiger partial charge in [0.1, 0.15) is 0 Å². The normalized spacial score (nSPS) is 10.2. The number of carboxylic acid groups (broad SMARTS) is 1. The Balaban J connectivity index is 3.13. The molecule has 1 aromatic rings. The minimum atomic E-state index is -0.782. The van der Waals surface area contributed by atoms with Crippen LogP contribution >= 0.6 is 15.9 Å². The maximum absolute atomic E-state index is 10.6. The SMILES string of the molecule is Cc1cc(CBr)c(CC(=O)O)cc1C. The smallest absolute Gasteiger partial charge is 0.307 e. The van der Waals surface area contributed by atoms with Gasteiger partial charge >= 0.3 is 5.97 Å². The van der Waals surface area contributed by atoms with Crippen LogP contribution < -0.4 is 0 Å². The van der Waals surface area contributed by atoms with Crippen molar-refractivity contribution >= 4 is 21.9 Å². The van der Waals surface area contributed by atoms with Crippen LogP contribution in [0.1, 0.15) is 22.3 Å². The van der Waals surface area contributed by atoms with Gasteiger partial charge in [-0.3, -0.25) is 4.79 Å². The van der Waals surface area contributed by atoms with E-state index in [1.165, 1.54) is 5.56 Å². The highest BCUT2D eigenvalue weighted by Gasteiger charge is 2.07. The molecule has 0 spiro atoms. The van der Waals surface area contributed by atoms with Crippen LogP contribution in [0, 0.1) is 13.8 Å². The molecule has 1 N–H and O–H groups in total. The zero-order chi connectivity index (χ0) is 10.7. The van der Waals surface area contributed by atoms with Gasteiger partial charge in [0.25, 0.3) is 0 Å². The standard InChI is InChI=1S/C11H13BrO2/c1-7-3-9(5-11(13)14)10(6-12)4-8(7)2/h3-4H,5-6H2,1-2H3,(H,13,14). The summed E-state index contributed by atoms with van der Waals surface area (Å²) in [5.41, 5.74) is 4.31. The van der Waals surface area contributed by atoms with Crippen molar-refractivity contribution in [3.63, 3.8) is 0 Å². The first-order chi connectivity index (χ1) is 6.54. The fourth-order valence-electron chi connectivity index (χ4n) is 1.39. The fraction of sp³-hybridized carbons (Fsp3) is 0.364. The van der Waals surface area contributed by atoms with E-state index < -0.39 is 5.97 Å². The predicted octanol–water partition coefficient (Wildman–Crippen LogP) is 2.83. The van der Waals surface area contributed by atoms with Gasteiger partial charge < -0.3 is 5.11 Å². The molecule has 0 saturated carbocycles. The highest BCUT2D eigenvalue weighted by atomic mass is 79.9. The Morgan fingerprint density at radius 2 is 1.79 bits per heavy atom. The summed E-state index contributed by atoms with van der Waals surface area (Å²) in [7, 11) is 0. The summed E-state index contributed by atoms with van der Waals surface area (Å²) in [5.74, 6) is -0.782. The van der Waals surface area contributed by atoms with Gasteiger partial charge in [0, 0.05) is 5.33 Å². The number of hydrogen-bond donors (Lipinski definition) is 1. The summed E-state index contributed by atoms with van der Waals surface area (Å²) in [4.78, 5) is 10.6. The highest BCUT2D eigenvalue weighted by molar-refractivity contribution is 9.08. The van der Waals surface area contributed by atoms with Crippen molar-refractivity contribution < 1.29 is 9.90 Å². The van der Waals surface area contributed by atoms with E-state index >= 15 is 0 Å². The van der Waals surface area contributed by atoms with Crippen LogP contribution in [-0.2, 0) is 16.5 Å². The fourth-order valence-corrected chi connectivity index (χ4v) is 1.91. The third kappa shape index (κ3) is 2.58. The molecule has 0 atom stereocenters. The van der Waals surface area contributed by atoms with Crippen molar-refractivity contribution in [2.24, 2.45) is 0 Å². The summed E-state index contributed by atoms with van der Waals surface area (Å²) in [6.45, 7) is 4.03. The molecule has 0 aliphatic heterocycles. The first-order valence-electron chi connectivity index (χ1n) is 4.41. The molecular weight excluding hydrogens is 244 g/mol. The Kier molecular flexibility index (Phi) is 3.69. The predicted molar refractivity (Wildman–Crippen MR) is 59.9 cm³/mol. The summed E-state index contributed by atoms with van der Waals surface area (Å²) < 4.78 is 0. The van der Waals surface area contributed by atoms with Crippen LogP contribution in [0.25, 0.3) is 0 Å². The zero-order valence-corrected chi connectivity index (χ0v) is 9.89. The van der Waals surface area contributed by atoms with Gasteiger partial charge in [0.05, 0.1) is 6.42 Å². The molecule has 3 heteroatoms. The first-order valence-corrected chi connectivity index (χ1v) is 5.53. The van der Waals surface area contributed by atoms with Gasteiger partial charge in [-0.15, -0.1) is 0 Å². The number of alkyl halides is 1. The molecule has 1 rings (SSSR count). The molecule has 0 bridgehead atoms. The van der Waals surface area contributed by atoms with Gasteiger partial charge in [-0.25, -0.2) is 0 Å². The third-order valence-electron chi connectivity index (χ3n) is 2.30. The molecular formula is C11H13BrO2. The Hall–Kier alpha value is -0.830. The molecule has 0 unspecified atom stereocenters. The topological polar surface area (TPSA) is 37.3 Å². The Morgan fingerprint density at radius 3 is 2.21 bits per heavy atom. The maximum Gasteiger partial charge on any atom is 0.307 e. The highest BCUT2D eigenvalue weighted by Crippen LogP contribution is 2.19. The lowest BCUT2D eigenvalue weighted by Crippen LogP contribution is -2.04. The van der Waals surface area contributed by atoms with Crippen molar-refractivity contribution in [3.05, 3.63) is 34.4 Å². The number of halogens is 1. The van der Waals surface area contributed by atoms with Crippen LogP contribution in [0.15, 0.2) is 12.1 Å². The van der Waals surface area contributed by atoms with Crippen molar-refractivity contribution in [2.75, 3.05) is 0 Å². The van der Waals surface area contributed by atoms with Crippen molar-refractivity contribution in [1.29, 1.82) is 0 Å². The average molecular weight is 257 g/mol. The maximum atomic E-state index is 10.6. The van der Waals surface area contributed by atoms with Crippen molar-refractivity contribution in [1.82, 2.24) is 0 Å². The molecule has 0 saturated heterocycles. The third-order valence-corrected chi connectivity index (χ3v) is 2.91. The molecule has 0 aliphatic rings. The lowest BCUT2D eigenvalue weighted by Gasteiger charge is -2.09. The van der Waals surface area contributed by atoms with Crippen molar-refractivity contribution in [3.8, 4) is 0 Å². The lowest BCUT2D eigenvalue weighted by molar-refractivity contribution is -0.136. The Bertz CT molecular complexity index is 359. The second-order valence-corrected chi connectivity index (χ2v) is 3.97. The minimum Gasteiger partial charge on any atom is -0.481 e. The molecule has 0 aromatic heterocycles. The molecule has 76 valence electrons. The second-order valence-electron chi connectivity index (χ2n) is 3.41. The van der Waals surface area contributed by atoms with E-state index in [0.717, 1.165) is 16.7 Å². The van der Waals surface area contributed by atoms with E-state index in [4.69, 9.17) is 5.11 Å². The van der Waals surface area contributed by atoms with Gasteiger partial charge in [-0.05, 0) is 36.1 Å². The summed E-state index contributed by atoms with van der Waals surface area (Å²) in [6.07, 6.45) is 0.0993. The molecule has 0 aliphatic carbocycles. The van der Waals surface area contributed by atoms with E-state index in [9.17, 15) is 4.79 Å². The Morgan fingerprint density at radius 1 is 1.29 bits per heavy atom. The summed E-state index contributed by atoms with van der Waals surface area (Å²) in [5, 5.41) is 9.44. The lowest BCUT2D eigenvalue weighted by atomic mass is 9.99. The van der Waals surface area contributed by atoms with Gasteiger partial charge in [-0.2, -0.15) is 0 Å². The van der Waals surface area contributed by atoms with E-state index in [1.807, 2.05) is 26.0 Å². The largest absolute Gasteiger partial charge is 0.481 e. The van der Waals surface area contributed by atoms with Crippen molar-refractivity contribution in [2.45, 2.75) is 25.6 Å². The minimum absolute atomic E-state index is 0.0993. The van der Waals surface area contributed by atoms with Gasteiger partial charge in [0.2, 0.25) is 0 Å². The number of aryl methyl sites for hydroxylation is 2. The number of benzene rings is 1. The molecule has 0 heterocycles. The molecule has 2 nitrogen and oxygen atoms in total. The average Bonchev–Trinajstić information content (AvgIpc) is 2.10. The van der Waals surface area contributed by atoms with Crippen LogP contribution in [0.2, 0.25) is 0 Å². The zero-order valence-electron chi connectivity index (χ0n) is 8.30. The molecule has 0 radical (unpaired) electrons. The van der Waals surface area contributed by atoms with Gasteiger partial charge in [-0.1, -0.05) is 28.1 Å². The van der Waals surface area contributed by atoms with Crippen LogP contribution in [0.5, 0.6) is 0 Å². The monoisotopic (exact) mass is 256 g/mol. The molecule has 0 fully saturated rings. The molecule has 0 amide bonds. The number of carbonyl (C=O) groups is 1. The molecule has 14 heavy (non-hydrogen) atoms. The molecule has 1 aromatic carbocycles. The second kappa shape index (κ2) is 4.60. The van der Waals surface area contributed by atoms with Crippen LogP contribution in [-0.4, -0.2) is 11.1 Å². The first kappa shape index (κ1) is 11.2. The summed E-state index contributed by atoms with van der Waals surface area (Å²) >= 11 is 3.36. The van der Waals surface area contributed by atoms with E-state index in [2.05, 4.69) is 15.9 Å². The van der Waals surface area contributed by atoms with E-state index in [1.54, 1.807) is 0 Å². The number of carboxylic acids is 1. The Labute approximate surface area is 92.1 Å². The van der Waals surface area contributed by atoms with Gasteiger partial charge in [0.15, 0.2) is 0 Å². The number of hydrogen-bond acceptors (Lipinski definition) is 1. The van der Waals surface area contributed by atoms with E-state index in [-0.39, 0.29) is 6.42 Å². The van der Waals surface area contributed by atoms with E-state index in [0.29, 0.717) is 5.33 Å². The van der Waals surface area contributed by atoms with Crippen LogP contribution in [0.3, 0.4) is 0 Å². The quantitative estimate of drug-likeness (QED) is 0.845. The number of aliphatic carboxylic acids is 1. The number of rotatable bonds is 3. The van der Waals surface area contributed by atoms with Crippen LogP contribution in [0.4, 0.5) is 0 Å². The summed E-state index contributed by atoms with van der Waals surface area (Å²) in [6, 6.07) is 4.00.